The van der Waals surface area contributed by atoms with E-state index < -0.39 is 10.8 Å². The molecule has 2 aromatic carbocycles. The second-order valence-electron chi connectivity index (χ2n) is 6.06. The number of hydrogen-bond acceptors (Lipinski definition) is 5. The molecule has 3 rings (SSSR count). The topological polar surface area (TPSA) is 107 Å². The van der Waals surface area contributed by atoms with Crippen LogP contribution in [0.2, 0.25) is 5.02 Å². The molecule has 0 aliphatic carbocycles. The summed E-state index contributed by atoms with van der Waals surface area (Å²) < 4.78 is 1.32. The van der Waals surface area contributed by atoms with E-state index in [1.54, 1.807) is 37.3 Å². The second-order valence-corrected chi connectivity index (χ2v) is 6.50. The number of aromatic nitrogens is 2. The summed E-state index contributed by atoms with van der Waals surface area (Å²) in [6, 6.07) is 12.1. The lowest BCUT2D eigenvalue weighted by Crippen LogP contribution is -2.13. The molecule has 0 saturated heterocycles. The largest absolute Gasteiger partial charge is 0.322 e. The van der Waals surface area contributed by atoms with Crippen molar-refractivity contribution in [3.05, 3.63) is 80.6 Å². The number of aryl methyl sites for hydroxylation is 1. The van der Waals surface area contributed by atoms with E-state index in [4.69, 9.17) is 11.6 Å². The minimum atomic E-state index is -0.594. The van der Waals surface area contributed by atoms with Gasteiger partial charge in [0.25, 0.3) is 11.6 Å². The molecule has 9 heteroatoms. The van der Waals surface area contributed by atoms with Crippen molar-refractivity contribution in [1.29, 1.82) is 0 Å². The summed E-state index contributed by atoms with van der Waals surface area (Å²) >= 11 is 5.81. The van der Waals surface area contributed by atoms with E-state index >= 15 is 0 Å². The first-order valence-corrected chi connectivity index (χ1v) is 8.57. The fraction of sp³-hybridized carbons (Fsp3) is 0.105. The fourth-order valence-corrected chi connectivity index (χ4v) is 2.74. The van der Waals surface area contributed by atoms with Gasteiger partial charge in [0.2, 0.25) is 0 Å². The smallest absolute Gasteiger partial charge is 0.295 e. The molecule has 28 heavy (non-hydrogen) atoms. The number of hydrogen-bond donors (Lipinski definition) is 1. The molecule has 142 valence electrons. The van der Waals surface area contributed by atoms with E-state index in [9.17, 15) is 19.7 Å². The van der Waals surface area contributed by atoms with Gasteiger partial charge in [-0.15, -0.1) is 0 Å². The van der Waals surface area contributed by atoms with Crippen molar-refractivity contribution >= 4 is 34.7 Å². The Morgan fingerprint density at radius 1 is 1.14 bits per heavy atom. The molecule has 1 N–H and O–H groups in total. The van der Waals surface area contributed by atoms with E-state index in [0.717, 1.165) is 0 Å². The van der Waals surface area contributed by atoms with Crippen LogP contribution in [0.3, 0.4) is 0 Å². The van der Waals surface area contributed by atoms with Crippen LogP contribution in [0, 0.1) is 17.0 Å². The molecule has 0 aliphatic rings. The molecule has 8 nitrogen and oxygen atoms in total. The Morgan fingerprint density at radius 2 is 1.82 bits per heavy atom. The number of anilines is 1. The van der Waals surface area contributed by atoms with Crippen molar-refractivity contribution in [2.75, 3.05) is 5.32 Å². The molecule has 0 radical (unpaired) electrons. The number of halogens is 1. The minimum absolute atomic E-state index is 0.113. The first kappa shape index (κ1) is 19.2. The van der Waals surface area contributed by atoms with Crippen LogP contribution < -0.4 is 5.32 Å². The summed E-state index contributed by atoms with van der Waals surface area (Å²) in [5.41, 5.74) is 1.25. The highest BCUT2D eigenvalue weighted by atomic mass is 35.5. The third-order valence-electron chi connectivity index (χ3n) is 4.01. The molecule has 0 spiro atoms. The van der Waals surface area contributed by atoms with Crippen molar-refractivity contribution in [2.24, 2.45) is 0 Å². The Balaban J connectivity index is 1.97. The van der Waals surface area contributed by atoms with Crippen molar-refractivity contribution in [2.45, 2.75) is 13.8 Å². The molecule has 0 atom stereocenters. The van der Waals surface area contributed by atoms with Crippen LogP contribution in [0.15, 0.2) is 48.5 Å². The summed E-state index contributed by atoms with van der Waals surface area (Å²) in [5, 5.41) is 18.9. The Morgan fingerprint density at radius 3 is 2.39 bits per heavy atom. The number of ketones is 1. The van der Waals surface area contributed by atoms with Crippen LogP contribution in [0.4, 0.5) is 11.4 Å². The van der Waals surface area contributed by atoms with Gasteiger partial charge in [-0.1, -0.05) is 11.6 Å². The molecular formula is C19H15ClN4O4. The summed E-state index contributed by atoms with van der Waals surface area (Å²) in [5.74, 6) is -0.748. The molecule has 0 saturated carbocycles. The third-order valence-corrected chi connectivity index (χ3v) is 4.26. The van der Waals surface area contributed by atoms with Gasteiger partial charge >= 0.3 is 0 Å². The number of rotatable bonds is 5. The summed E-state index contributed by atoms with van der Waals surface area (Å²) in [6.45, 7) is 3.05. The number of amides is 1. The summed E-state index contributed by atoms with van der Waals surface area (Å²) in [7, 11) is 0. The van der Waals surface area contributed by atoms with Crippen LogP contribution >= 0.6 is 11.6 Å². The van der Waals surface area contributed by atoms with Gasteiger partial charge in [-0.25, -0.2) is 4.68 Å². The van der Waals surface area contributed by atoms with Gasteiger partial charge in [0, 0.05) is 35.0 Å². The Hall–Kier alpha value is -3.52. The molecular weight excluding hydrogens is 384 g/mol. The number of carbonyl (C=O) groups is 2. The van der Waals surface area contributed by atoms with E-state index in [0.29, 0.717) is 16.4 Å². The molecule has 3 aromatic rings. The highest BCUT2D eigenvalue weighted by Crippen LogP contribution is 2.26. The number of nitro groups is 1. The standard InChI is InChI=1S/C19H15ClN4O4/c1-11-9-16(12(2)25)22-23(11)17-8-3-13(10-18(17)24(27)28)19(26)21-15-6-4-14(20)5-7-15/h3-10H,1-2H3,(H,21,26). The van der Waals surface area contributed by atoms with Crippen LogP contribution in [-0.2, 0) is 0 Å². The number of benzene rings is 2. The van der Waals surface area contributed by atoms with Crippen LogP contribution in [0.1, 0.15) is 33.5 Å². The Kier molecular flexibility index (Phi) is 5.23. The van der Waals surface area contributed by atoms with Gasteiger partial charge in [0.15, 0.2) is 5.78 Å². The second kappa shape index (κ2) is 7.61. The number of nitrogens with one attached hydrogen (secondary N) is 1. The maximum atomic E-state index is 12.4. The van der Waals surface area contributed by atoms with Gasteiger partial charge in [0.05, 0.1) is 4.92 Å². The van der Waals surface area contributed by atoms with E-state index in [1.165, 1.54) is 29.8 Å². The van der Waals surface area contributed by atoms with Crippen molar-refractivity contribution in [1.82, 2.24) is 9.78 Å². The lowest BCUT2D eigenvalue weighted by Gasteiger charge is -2.09. The molecule has 0 bridgehead atoms. The van der Waals surface area contributed by atoms with Gasteiger partial charge in [-0.2, -0.15) is 5.10 Å². The maximum absolute atomic E-state index is 12.4. The molecule has 0 unspecified atom stereocenters. The van der Waals surface area contributed by atoms with Crippen LogP contribution in [-0.4, -0.2) is 26.4 Å². The third kappa shape index (κ3) is 3.91. The van der Waals surface area contributed by atoms with Crippen LogP contribution in [0.5, 0.6) is 0 Å². The maximum Gasteiger partial charge on any atom is 0.295 e. The quantitative estimate of drug-likeness (QED) is 0.393. The van der Waals surface area contributed by atoms with Crippen molar-refractivity contribution < 1.29 is 14.5 Å². The Bertz CT molecular complexity index is 1090. The molecule has 1 amide bonds. The van der Waals surface area contributed by atoms with Gasteiger partial charge < -0.3 is 5.32 Å². The zero-order chi connectivity index (χ0) is 20.4. The number of nitro benzene ring substituents is 1. The van der Waals surface area contributed by atoms with E-state index in [-0.39, 0.29) is 28.4 Å². The minimum Gasteiger partial charge on any atom is -0.322 e. The summed E-state index contributed by atoms with van der Waals surface area (Å²) in [4.78, 5) is 35.0. The van der Waals surface area contributed by atoms with Crippen molar-refractivity contribution in [3.63, 3.8) is 0 Å². The monoisotopic (exact) mass is 398 g/mol. The fourth-order valence-electron chi connectivity index (χ4n) is 2.62. The number of nitrogens with zero attached hydrogens (tertiary/aromatic N) is 3. The van der Waals surface area contributed by atoms with E-state index in [2.05, 4.69) is 10.4 Å². The van der Waals surface area contributed by atoms with E-state index in [1.807, 2.05) is 0 Å². The van der Waals surface area contributed by atoms with Gasteiger partial charge in [-0.3, -0.25) is 19.7 Å². The average molecular weight is 399 g/mol. The average Bonchev–Trinajstić information content (AvgIpc) is 3.05. The first-order chi connectivity index (χ1) is 13.3. The Labute approximate surface area is 164 Å². The van der Waals surface area contributed by atoms with Gasteiger partial charge in [-0.05, 0) is 49.4 Å². The first-order valence-electron chi connectivity index (χ1n) is 8.19. The number of Topliss-reactive ketones (excluding diaryl/α,β-unsaturated/α-hetero) is 1. The lowest BCUT2D eigenvalue weighted by atomic mass is 10.1. The summed E-state index contributed by atoms with van der Waals surface area (Å²) in [6.07, 6.45) is 0. The normalized spacial score (nSPS) is 10.5. The van der Waals surface area contributed by atoms with Crippen LogP contribution in [0.25, 0.3) is 5.69 Å². The predicted molar refractivity (Wildman–Crippen MR) is 104 cm³/mol. The zero-order valence-electron chi connectivity index (χ0n) is 15.0. The SMILES string of the molecule is CC(=O)c1cc(C)n(-c2ccc(C(=O)Nc3ccc(Cl)cc3)cc2[N+](=O)[O-])n1. The van der Waals surface area contributed by atoms with Gasteiger partial charge in [0.1, 0.15) is 11.4 Å². The lowest BCUT2D eigenvalue weighted by molar-refractivity contribution is -0.384. The number of carbonyl (C=O) groups excluding carboxylic acids is 2. The molecule has 0 aliphatic heterocycles. The predicted octanol–water partition coefficient (Wildman–Crippen LogP) is 4.20. The zero-order valence-corrected chi connectivity index (χ0v) is 15.7. The van der Waals surface area contributed by atoms with Crippen molar-refractivity contribution in [3.8, 4) is 5.69 Å². The highest BCUT2D eigenvalue weighted by molar-refractivity contribution is 6.30. The molecule has 1 aromatic heterocycles. The molecule has 1 heterocycles. The molecule has 0 fully saturated rings. The highest BCUT2D eigenvalue weighted by Gasteiger charge is 2.21.